The van der Waals surface area contributed by atoms with Crippen molar-refractivity contribution in [1.82, 2.24) is 4.98 Å². The number of hydrogen-bond donors (Lipinski definition) is 1. The quantitative estimate of drug-likeness (QED) is 0.416. The lowest BCUT2D eigenvalue weighted by atomic mass is 10.0. The van der Waals surface area contributed by atoms with Gasteiger partial charge in [-0.2, -0.15) is 0 Å². The highest BCUT2D eigenvalue weighted by Gasteiger charge is 2.38. The Morgan fingerprint density at radius 3 is 2.77 bits per heavy atom. The van der Waals surface area contributed by atoms with E-state index in [-0.39, 0.29) is 5.78 Å². The van der Waals surface area contributed by atoms with Gasteiger partial charge in [-0.3, -0.25) is 10.2 Å². The summed E-state index contributed by atoms with van der Waals surface area (Å²) in [4.78, 5) is 17.6. The Hall–Kier alpha value is -2.61. The molecule has 1 aromatic heterocycles. The first-order valence-electron chi connectivity index (χ1n) is 9.61. The minimum absolute atomic E-state index is 0.0954. The fourth-order valence-electron chi connectivity index (χ4n) is 3.12. The van der Waals surface area contributed by atoms with E-state index in [1.165, 1.54) is 23.1 Å². The number of carbonyl (C=O) groups is 1. The molecule has 1 saturated heterocycles. The smallest absolute Gasteiger partial charge is 0.186 e. The number of hydrogen-bond acceptors (Lipinski definition) is 7. The van der Waals surface area contributed by atoms with Crippen LogP contribution in [0.4, 0.5) is 0 Å². The van der Waals surface area contributed by atoms with Gasteiger partial charge in [0.1, 0.15) is 17.5 Å². The van der Waals surface area contributed by atoms with E-state index < -0.39 is 5.92 Å². The van der Waals surface area contributed by atoms with E-state index in [9.17, 15) is 4.79 Å². The molecule has 0 bridgehead atoms. The molecule has 5 nitrogen and oxygen atoms in total. The van der Waals surface area contributed by atoms with Crippen LogP contribution >= 0.6 is 34.7 Å². The molecule has 0 amide bonds. The van der Waals surface area contributed by atoms with Gasteiger partial charge in [-0.1, -0.05) is 47.6 Å². The molecule has 1 fully saturated rings. The molecule has 1 atom stereocenters. The molecule has 3 aromatic rings. The zero-order valence-electron chi connectivity index (χ0n) is 16.6. The molecule has 2 aromatic carbocycles. The number of halogens is 1. The zero-order valence-corrected chi connectivity index (χ0v) is 19.0. The average Bonchev–Trinajstić information content (AvgIpc) is 3.37. The van der Waals surface area contributed by atoms with Gasteiger partial charge in [0.25, 0.3) is 0 Å². The molecule has 31 heavy (non-hydrogen) atoms. The standard InChI is InChI=1S/C23H19ClN2O3S2/c1-2-28-18-11-14(7-8-17(18)29-13-15-5-3-4-6-16(15)24)12-19-21(27)20(22(25)31-19)23-26-9-10-30-23/h3-12,20,25H,2,13H2,1H3/b19-12-,25-22?/t20-/m0/s1. The van der Waals surface area contributed by atoms with Gasteiger partial charge in [0.2, 0.25) is 0 Å². The molecule has 0 radical (unpaired) electrons. The van der Waals surface area contributed by atoms with Gasteiger partial charge < -0.3 is 9.47 Å². The number of aromatic nitrogens is 1. The van der Waals surface area contributed by atoms with Crippen molar-refractivity contribution in [3.63, 3.8) is 0 Å². The summed E-state index contributed by atoms with van der Waals surface area (Å²) in [6.45, 7) is 2.70. The van der Waals surface area contributed by atoms with Crippen LogP contribution < -0.4 is 9.47 Å². The number of ether oxygens (including phenoxy) is 2. The summed E-state index contributed by atoms with van der Waals surface area (Å²) in [7, 11) is 0. The van der Waals surface area contributed by atoms with E-state index in [1.54, 1.807) is 12.3 Å². The molecular weight excluding hydrogens is 452 g/mol. The Balaban J connectivity index is 1.55. The van der Waals surface area contributed by atoms with Crippen molar-refractivity contribution >= 4 is 51.6 Å². The summed E-state index contributed by atoms with van der Waals surface area (Å²) in [5.74, 6) is 0.497. The van der Waals surface area contributed by atoms with Crippen LogP contribution in [0, 0.1) is 5.41 Å². The summed E-state index contributed by atoms with van der Waals surface area (Å²) in [5, 5.41) is 11.6. The first kappa shape index (κ1) is 21.6. The van der Waals surface area contributed by atoms with Gasteiger partial charge in [0.15, 0.2) is 17.3 Å². The van der Waals surface area contributed by atoms with Gasteiger partial charge in [-0.05, 0) is 36.8 Å². The highest BCUT2D eigenvalue weighted by molar-refractivity contribution is 8.19. The van der Waals surface area contributed by atoms with E-state index in [4.69, 9.17) is 26.5 Å². The lowest BCUT2D eigenvalue weighted by molar-refractivity contribution is -0.114. The van der Waals surface area contributed by atoms with Crippen molar-refractivity contribution in [3.05, 3.63) is 80.1 Å². The van der Waals surface area contributed by atoms with Crippen molar-refractivity contribution in [3.8, 4) is 11.5 Å². The Labute approximate surface area is 193 Å². The number of carbonyl (C=O) groups excluding carboxylic acids is 1. The Bertz CT molecular complexity index is 1150. The number of thiazole rings is 1. The molecule has 158 valence electrons. The SMILES string of the molecule is CCOc1cc(/C=C2\SC(=N)[C@@H](c3nccs3)C2=O)ccc1OCc1ccccc1Cl. The number of rotatable bonds is 7. The second kappa shape index (κ2) is 9.68. The number of allylic oxidation sites excluding steroid dienone is 1. The maximum atomic E-state index is 12.9. The summed E-state index contributed by atoms with van der Waals surface area (Å²) < 4.78 is 11.7. The molecular formula is C23H19ClN2O3S2. The molecule has 0 aliphatic carbocycles. The Morgan fingerprint density at radius 2 is 2.03 bits per heavy atom. The third-order valence-electron chi connectivity index (χ3n) is 4.59. The molecule has 0 unspecified atom stereocenters. The third kappa shape index (κ3) is 4.84. The minimum atomic E-state index is -0.596. The van der Waals surface area contributed by atoms with Crippen molar-refractivity contribution in [2.75, 3.05) is 6.61 Å². The molecule has 1 N–H and O–H groups in total. The summed E-state index contributed by atoms with van der Waals surface area (Å²) in [6.07, 6.45) is 3.44. The number of thioether (sulfide) groups is 1. The summed E-state index contributed by atoms with van der Waals surface area (Å²) in [6, 6.07) is 13.1. The second-order valence-electron chi connectivity index (χ2n) is 6.66. The lowest BCUT2D eigenvalue weighted by Crippen LogP contribution is -2.11. The number of Topliss-reactive ketones (excluding diaryl/α,β-unsaturated/α-hetero) is 1. The number of ketones is 1. The number of nitrogens with zero attached hydrogens (tertiary/aromatic N) is 1. The van der Waals surface area contributed by atoms with Crippen molar-refractivity contribution in [1.29, 1.82) is 5.41 Å². The van der Waals surface area contributed by atoms with Gasteiger partial charge in [0, 0.05) is 22.2 Å². The fourth-order valence-corrected chi connectivity index (χ4v) is 5.11. The van der Waals surface area contributed by atoms with Crippen molar-refractivity contribution in [2.24, 2.45) is 0 Å². The molecule has 0 saturated carbocycles. The Kier molecular flexibility index (Phi) is 6.75. The first-order valence-corrected chi connectivity index (χ1v) is 11.7. The van der Waals surface area contributed by atoms with Crippen LogP contribution in [0.25, 0.3) is 6.08 Å². The maximum Gasteiger partial charge on any atom is 0.186 e. The largest absolute Gasteiger partial charge is 0.490 e. The molecule has 8 heteroatoms. The summed E-state index contributed by atoms with van der Waals surface area (Å²) in [5.41, 5.74) is 1.69. The molecule has 1 aliphatic heterocycles. The number of nitrogens with one attached hydrogen (secondary N) is 1. The molecule has 1 aliphatic rings. The molecule has 4 rings (SSSR count). The van der Waals surface area contributed by atoms with Gasteiger partial charge in [-0.25, -0.2) is 4.98 Å². The van der Waals surface area contributed by atoms with E-state index in [1.807, 2.05) is 54.8 Å². The van der Waals surface area contributed by atoms with Crippen LogP contribution in [0.1, 0.15) is 29.0 Å². The second-order valence-corrected chi connectivity index (χ2v) is 9.08. The van der Waals surface area contributed by atoms with Crippen LogP contribution in [0.3, 0.4) is 0 Å². The van der Waals surface area contributed by atoms with Crippen LogP contribution in [-0.4, -0.2) is 22.4 Å². The maximum absolute atomic E-state index is 12.9. The highest BCUT2D eigenvalue weighted by atomic mass is 35.5. The van der Waals surface area contributed by atoms with Crippen LogP contribution in [0.2, 0.25) is 5.02 Å². The van der Waals surface area contributed by atoms with Crippen LogP contribution in [-0.2, 0) is 11.4 Å². The van der Waals surface area contributed by atoms with E-state index >= 15 is 0 Å². The van der Waals surface area contributed by atoms with Gasteiger partial charge in [0.05, 0.1) is 16.6 Å². The third-order valence-corrected chi connectivity index (χ3v) is 6.80. The topological polar surface area (TPSA) is 72.3 Å². The van der Waals surface area contributed by atoms with E-state index in [2.05, 4.69) is 4.98 Å². The number of benzene rings is 2. The summed E-state index contributed by atoms with van der Waals surface area (Å²) >= 11 is 8.79. The Morgan fingerprint density at radius 1 is 1.19 bits per heavy atom. The fraction of sp³-hybridized carbons (Fsp3) is 0.174. The molecule has 0 spiro atoms. The first-order chi connectivity index (χ1) is 15.1. The van der Waals surface area contributed by atoms with Gasteiger partial charge in [-0.15, -0.1) is 11.3 Å². The van der Waals surface area contributed by atoms with Crippen LogP contribution in [0.5, 0.6) is 11.5 Å². The normalized spacial score (nSPS) is 17.4. The van der Waals surface area contributed by atoms with E-state index in [0.29, 0.717) is 44.7 Å². The zero-order chi connectivity index (χ0) is 21.8. The predicted octanol–water partition coefficient (Wildman–Crippen LogP) is 6.19. The van der Waals surface area contributed by atoms with Crippen molar-refractivity contribution in [2.45, 2.75) is 19.4 Å². The highest BCUT2D eigenvalue weighted by Crippen LogP contribution is 2.41. The van der Waals surface area contributed by atoms with Gasteiger partial charge >= 0.3 is 0 Å². The predicted molar refractivity (Wildman–Crippen MR) is 127 cm³/mol. The lowest BCUT2D eigenvalue weighted by Gasteiger charge is -2.13. The van der Waals surface area contributed by atoms with E-state index in [0.717, 1.165) is 11.1 Å². The van der Waals surface area contributed by atoms with Crippen molar-refractivity contribution < 1.29 is 14.3 Å². The monoisotopic (exact) mass is 470 g/mol. The average molecular weight is 471 g/mol. The molecule has 2 heterocycles. The van der Waals surface area contributed by atoms with Crippen LogP contribution in [0.15, 0.2) is 58.9 Å². The minimum Gasteiger partial charge on any atom is -0.490 e.